The molecule has 7 heteroatoms. The number of ether oxygens (including phenoxy) is 1. The zero-order valence-corrected chi connectivity index (χ0v) is 13.8. The topological polar surface area (TPSA) is 62.7 Å². The first kappa shape index (κ1) is 16.1. The Kier molecular flexibility index (Phi) is 5.46. The molecule has 5 nitrogen and oxygen atoms in total. The van der Waals surface area contributed by atoms with Crippen molar-refractivity contribution in [3.63, 3.8) is 0 Å². The summed E-state index contributed by atoms with van der Waals surface area (Å²) < 4.78 is 4.87. The molecule has 2 aromatic heterocycles. The molecule has 1 unspecified atom stereocenters. The molecule has 1 amide bonds. The van der Waals surface area contributed by atoms with Gasteiger partial charge in [0.2, 0.25) is 0 Å². The number of carbonyl (C=O) groups excluding carboxylic acids is 1. The molecule has 1 N–H and O–H groups in total. The zero-order chi connectivity index (χ0) is 15.4. The van der Waals surface area contributed by atoms with Gasteiger partial charge in [0.25, 0.3) is 5.91 Å². The molecule has 2 heterocycles. The van der Waals surface area contributed by atoms with Crippen LogP contribution in [0.1, 0.15) is 15.4 Å². The first-order chi connectivity index (χ1) is 10.0. The number of rotatable bonds is 6. The molecular weight excluding hydrogens is 308 g/mol. The molecule has 0 saturated heterocycles. The summed E-state index contributed by atoms with van der Waals surface area (Å²) in [5.41, 5.74) is 1.76. The molecule has 114 valence electrons. The van der Waals surface area contributed by atoms with Gasteiger partial charge in [-0.2, -0.15) is 11.3 Å². The lowest BCUT2D eigenvalue weighted by Crippen LogP contribution is -2.36. The predicted octanol–water partition coefficient (Wildman–Crippen LogP) is 2.26. The molecule has 2 aromatic rings. The number of carbonyl (C=O) groups is 1. The number of aryl methyl sites for hydroxylation is 1. The predicted molar refractivity (Wildman–Crippen MR) is 85.0 cm³/mol. The van der Waals surface area contributed by atoms with E-state index in [9.17, 15) is 9.90 Å². The first-order valence-corrected chi connectivity index (χ1v) is 8.21. The number of thiophene rings is 1. The number of hydrogen-bond acceptors (Lipinski definition) is 6. The molecular formula is C14H18N2O3S2. The van der Waals surface area contributed by atoms with E-state index >= 15 is 0 Å². The Labute approximate surface area is 131 Å². The fourth-order valence-electron chi connectivity index (χ4n) is 1.92. The largest absolute Gasteiger partial charge is 0.389 e. The monoisotopic (exact) mass is 326 g/mol. The summed E-state index contributed by atoms with van der Waals surface area (Å²) in [6, 6.07) is 1.99. The van der Waals surface area contributed by atoms with Crippen molar-refractivity contribution in [2.75, 3.05) is 27.3 Å². The Morgan fingerprint density at radius 3 is 2.95 bits per heavy atom. The van der Waals surface area contributed by atoms with Crippen LogP contribution in [0.2, 0.25) is 0 Å². The van der Waals surface area contributed by atoms with Crippen molar-refractivity contribution in [3.8, 4) is 10.6 Å². The minimum atomic E-state index is -0.687. The third kappa shape index (κ3) is 3.88. The van der Waals surface area contributed by atoms with Gasteiger partial charge in [0, 0.05) is 31.6 Å². The number of nitrogens with zero attached hydrogens (tertiary/aromatic N) is 2. The van der Waals surface area contributed by atoms with E-state index in [1.807, 2.05) is 23.8 Å². The van der Waals surface area contributed by atoms with Gasteiger partial charge in [-0.05, 0) is 18.4 Å². The highest BCUT2D eigenvalue weighted by atomic mass is 32.1. The van der Waals surface area contributed by atoms with Crippen molar-refractivity contribution in [1.29, 1.82) is 0 Å². The second-order valence-corrected chi connectivity index (χ2v) is 6.52. The van der Waals surface area contributed by atoms with E-state index in [4.69, 9.17) is 4.74 Å². The number of thiazole rings is 1. The molecule has 2 rings (SSSR count). The lowest BCUT2D eigenvalue weighted by Gasteiger charge is -2.19. The number of likely N-dealkylation sites (N-methyl/N-ethyl adjacent to an activating group) is 1. The van der Waals surface area contributed by atoms with E-state index in [2.05, 4.69) is 4.98 Å². The Bertz CT molecular complexity index is 595. The van der Waals surface area contributed by atoms with Crippen LogP contribution in [-0.4, -0.2) is 54.3 Å². The van der Waals surface area contributed by atoms with E-state index < -0.39 is 6.10 Å². The molecule has 0 bridgehead atoms. The molecule has 0 aliphatic rings. The summed E-state index contributed by atoms with van der Waals surface area (Å²) in [6.07, 6.45) is -0.687. The number of aromatic nitrogens is 1. The third-order valence-electron chi connectivity index (χ3n) is 2.95. The molecule has 0 aliphatic heterocycles. The quantitative estimate of drug-likeness (QED) is 0.884. The zero-order valence-electron chi connectivity index (χ0n) is 12.2. The van der Waals surface area contributed by atoms with Crippen LogP contribution in [0.4, 0.5) is 0 Å². The van der Waals surface area contributed by atoms with Crippen molar-refractivity contribution in [1.82, 2.24) is 9.88 Å². The molecule has 21 heavy (non-hydrogen) atoms. The molecule has 1 atom stereocenters. The average Bonchev–Trinajstić information content (AvgIpc) is 3.06. The van der Waals surface area contributed by atoms with Gasteiger partial charge in [-0.25, -0.2) is 4.98 Å². The van der Waals surface area contributed by atoms with Crippen molar-refractivity contribution >= 4 is 28.6 Å². The molecule has 0 radical (unpaired) electrons. The summed E-state index contributed by atoms with van der Waals surface area (Å²) in [5, 5.41) is 14.6. The van der Waals surface area contributed by atoms with Crippen LogP contribution in [0.5, 0.6) is 0 Å². The van der Waals surface area contributed by atoms with Crippen molar-refractivity contribution < 1.29 is 14.6 Å². The van der Waals surface area contributed by atoms with Crippen LogP contribution >= 0.6 is 22.7 Å². The lowest BCUT2D eigenvalue weighted by atomic mass is 10.3. The second-order valence-electron chi connectivity index (χ2n) is 4.74. The van der Waals surface area contributed by atoms with E-state index in [1.165, 1.54) is 23.3 Å². The summed E-state index contributed by atoms with van der Waals surface area (Å²) >= 11 is 2.99. The fraction of sp³-hybridized carbons (Fsp3) is 0.429. The average molecular weight is 326 g/mol. The smallest absolute Gasteiger partial charge is 0.265 e. The minimum absolute atomic E-state index is 0.123. The van der Waals surface area contributed by atoms with Crippen LogP contribution < -0.4 is 0 Å². The highest BCUT2D eigenvalue weighted by Gasteiger charge is 2.21. The summed E-state index contributed by atoms with van der Waals surface area (Å²) in [4.78, 5) is 19.0. The van der Waals surface area contributed by atoms with Crippen LogP contribution in [0.15, 0.2) is 16.8 Å². The van der Waals surface area contributed by atoms with Crippen LogP contribution in [0.3, 0.4) is 0 Å². The number of amides is 1. The second kappa shape index (κ2) is 7.13. The Morgan fingerprint density at radius 2 is 2.33 bits per heavy atom. The summed E-state index contributed by atoms with van der Waals surface area (Å²) in [6.45, 7) is 2.27. The van der Waals surface area contributed by atoms with Gasteiger partial charge in [-0.15, -0.1) is 11.3 Å². The standard InChI is InChI=1S/C14H18N2O3S2/c1-9-12(14(18)16(2)6-11(17)7-19-3)21-13(15-9)10-4-5-20-8-10/h4-5,8,11,17H,6-7H2,1-3H3. The number of aliphatic hydroxyl groups is 1. The van der Waals surface area contributed by atoms with E-state index in [-0.39, 0.29) is 19.1 Å². The van der Waals surface area contributed by atoms with Crippen molar-refractivity contribution in [2.24, 2.45) is 0 Å². The Hall–Kier alpha value is -1.28. The van der Waals surface area contributed by atoms with Crippen LogP contribution in [0.25, 0.3) is 10.6 Å². The van der Waals surface area contributed by atoms with Crippen molar-refractivity contribution in [2.45, 2.75) is 13.0 Å². The normalized spacial score (nSPS) is 12.4. The third-order valence-corrected chi connectivity index (χ3v) is 4.83. The van der Waals surface area contributed by atoms with Crippen LogP contribution in [0, 0.1) is 6.92 Å². The molecule has 0 saturated carbocycles. The summed E-state index contributed by atoms with van der Waals surface area (Å²) in [7, 11) is 3.19. The van der Waals surface area contributed by atoms with Crippen molar-refractivity contribution in [3.05, 3.63) is 27.4 Å². The Balaban J connectivity index is 2.12. The summed E-state index contributed by atoms with van der Waals surface area (Å²) in [5.74, 6) is -0.123. The minimum Gasteiger partial charge on any atom is -0.389 e. The molecule has 0 aliphatic carbocycles. The van der Waals surface area contributed by atoms with Gasteiger partial charge in [-0.3, -0.25) is 4.79 Å². The highest BCUT2D eigenvalue weighted by molar-refractivity contribution is 7.17. The maximum Gasteiger partial charge on any atom is 0.265 e. The molecule has 0 spiro atoms. The van der Waals surface area contributed by atoms with Gasteiger partial charge < -0.3 is 14.7 Å². The van der Waals surface area contributed by atoms with Gasteiger partial charge in [0.15, 0.2) is 0 Å². The Morgan fingerprint density at radius 1 is 1.57 bits per heavy atom. The van der Waals surface area contributed by atoms with Gasteiger partial charge >= 0.3 is 0 Å². The molecule has 0 aromatic carbocycles. The SMILES string of the molecule is COCC(O)CN(C)C(=O)c1sc(-c2ccsc2)nc1C. The number of methoxy groups -OCH3 is 1. The number of aliphatic hydroxyl groups excluding tert-OH is 1. The van der Waals surface area contributed by atoms with E-state index in [0.29, 0.717) is 4.88 Å². The molecule has 0 fully saturated rings. The maximum absolute atomic E-state index is 12.4. The van der Waals surface area contributed by atoms with E-state index in [1.54, 1.807) is 18.4 Å². The van der Waals surface area contributed by atoms with Crippen LogP contribution in [-0.2, 0) is 4.74 Å². The maximum atomic E-state index is 12.4. The van der Waals surface area contributed by atoms with Gasteiger partial charge in [0.1, 0.15) is 9.88 Å². The highest BCUT2D eigenvalue weighted by Crippen LogP contribution is 2.30. The van der Waals surface area contributed by atoms with E-state index in [0.717, 1.165) is 16.3 Å². The first-order valence-electron chi connectivity index (χ1n) is 6.45. The van der Waals surface area contributed by atoms with Gasteiger partial charge in [0.05, 0.1) is 18.4 Å². The fourth-order valence-corrected chi connectivity index (χ4v) is 3.69. The van der Waals surface area contributed by atoms with Gasteiger partial charge in [-0.1, -0.05) is 0 Å². The number of hydrogen-bond donors (Lipinski definition) is 1. The lowest BCUT2D eigenvalue weighted by molar-refractivity contribution is 0.0382.